The Balaban J connectivity index is 1.97. The second-order valence-electron chi connectivity index (χ2n) is 4.83. The lowest BCUT2D eigenvalue weighted by atomic mass is 9.98. The Kier molecular flexibility index (Phi) is 4.24. The van der Waals surface area contributed by atoms with Crippen molar-refractivity contribution < 1.29 is 9.53 Å². The minimum atomic E-state index is -0.0655. The zero-order chi connectivity index (χ0) is 13.0. The number of para-hydroxylation sites is 1. The maximum Gasteiger partial charge on any atom is 0.306 e. The summed E-state index contributed by atoms with van der Waals surface area (Å²) in [5.74, 6) is 0.341. The van der Waals surface area contributed by atoms with Crippen LogP contribution in [0.3, 0.4) is 0 Å². The van der Waals surface area contributed by atoms with Crippen molar-refractivity contribution in [2.45, 2.75) is 32.7 Å². The highest BCUT2D eigenvalue weighted by Crippen LogP contribution is 2.31. The van der Waals surface area contributed by atoms with Crippen LogP contribution in [-0.4, -0.2) is 25.2 Å². The van der Waals surface area contributed by atoms with E-state index in [1.165, 1.54) is 5.69 Å². The number of hydrogen-bond donors (Lipinski definition) is 0. The Morgan fingerprint density at radius 2 is 2.11 bits per heavy atom. The molecule has 1 aliphatic heterocycles. The summed E-state index contributed by atoms with van der Waals surface area (Å²) < 4.78 is 5.04. The fraction of sp³-hybridized carbons (Fsp3) is 0.533. The molecule has 2 rings (SSSR count). The van der Waals surface area contributed by atoms with E-state index in [9.17, 15) is 4.79 Å². The summed E-state index contributed by atoms with van der Waals surface area (Å²) in [5.41, 5.74) is 1.25. The number of rotatable bonds is 4. The Morgan fingerprint density at radius 1 is 1.39 bits per heavy atom. The van der Waals surface area contributed by atoms with E-state index in [4.69, 9.17) is 4.74 Å². The topological polar surface area (TPSA) is 29.5 Å². The van der Waals surface area contributed by atoms with E-state index in [-0.39, 0.29) is 5.97 Å². The van der Waals surface area contributed by atoms with E-state index in [1.807, 2.05) is 13.0 Å². The van der Waals surface area contributed by atoms with Crippen LogP contribution >= 0.6 is 0 Å². The van der Waals surface area contributed by atoms with Crippen molar-refractivity contribution in [3.63, 3.8) is 0 Å². The molecule has 0 saturated carbocycles. The van der Waals surface area contributed by atoms with E-state index < -0.39 is 0 Å². The molecule has 3 nitrogen and oxygen atoms in total. The molecular weight excluding hydrogens is 226 g/mol. The van der Waals surface area contributed by atoms with Crippen LogP contribution in [-0.2, 0) is 9.53 Å². The van der Waals surface area contributed by atoms with Gasteiger partial charge in [-0.3, -0.25) is 4.79 Å². The zero-order valence-electron chi connectivity index (χ0n) is 11.1. The molecule has 2 unspecified atom stereocenters. The van der Waals surface area contributed by atoms with Gasteiger partial charge in [0.05, 0.1) is 13.0 Å². The first kappa shape index (κ1) is 12.9. The second kappa shape index (κ2) is 5.89. The molecule has 1 fully saturated rings. The first-order chi connectivity index (χ1) is 8.72. The average molecular weight is 247 g/mol. The fourth-order valence-electron chi connectivity index (χ4n) is 2.69. The van der Waals surface area contributed by atoms with Gasteiger partial charge in [0.25, 0.3) is 0 Å². The maximum atomic E-state index is 11.5. The fourth-order valence-corrected chi connectivity index (χ4v) is 2.69. The Morgan fingerprint density at radius 3 is 2.78 bits per heavy atom. The predicted octanol–water partition coefficient (Wildman–Crippen LogP) is 2.85. The summed E-state index contributed by atoms with van der Waals surface area (Å²) >= 11 is 0. The van der Waals surface area contributed by atoms with E-state index in [0.717, 1.165) is 13.0 Å². The third-order valence-corrected chi connectivity index (χ3v) is 3.74. The molecular formula is C15H21NO2. The minimum absolute atomic E-state index is 0.0655. The molecule has 1 saturated heterocycles. The summed E-state index contributed by atoms with van der Waals surface area (Å²) in [6.07, 6.45) is 1.60. The minimum Gasteiger partial charge on any atom is -0.466 e. The van der Waals surface area contributed by atoms with Crippen molar-refractivity contribution in [3.8, 4) is 0 Å². The van der Waals surface area contributed by atoms with Crippen molar-refractivity contribution in [2.75, 3.05) is 18.1 Å². The normalized spacial score (nSPS) is 23.1. The largest absolute Gasteiger partial charge is 0.466 e. The lowest BCUT2D eigenvalue weighted by Gasteiger charge is -2.26. The lowest BCUT2D eigenvalue weighted by molar-refractivity contribution is -0.144. The monoisotopic (exact) mass is 247 g/mol. The van der Waals surface area contributed by atoms with Gasteiger partial charge in [-0.15, -0.1) is 0 Å². The molecule has 0 aliphatic carbocycles. The number of nitrogens with zero attached hydrogens (tertiary/aromatic N) is 1. The lowest BCUT2D eigenvalue weighted by Crippen LogP contribution is -2.30. The van der Waals surface area contributed by atoms with Crippen LogP contribution in [0, 0.1) is 5.92 Å². The van der Waals surface area contributed by atoms with Gasteiger partial charge in [-0.2, -0.15) is 0 Å². The Bertz CT molecular complexity index is 391. The van der Waals surface area contributed by atoms with Gasteiger partial charge < -0.3 is 9.64 Å². The Hall–Kier alpha value is -1.51. The van der Waals surface area contributed by atoms with Crippen molar-refractivity contribution in [1.82, 2.24) is 0 Å². The summed E-state index contributed by atoms with van der Waals surface area (Å²) in [7, 11) is 0. The van der Waals surface area contributed by atoms with Crippen LogP contribution in [0.25, 0.3) is 0 Å². The van der Waals surface area contributed by atoms with Crippen molar-refractivity contribution in [2.24, 2.45) is 5.92 Å². The number of ether oxygens (including phenoxy) is 1. The molecule has 2 atom stereocenters. The van der Waals surface area contributed by atoms with Gasteiger partial charge in [0.1, 0.15) is 0 Å². The highest BCUT2D eigenvalue weighted by Gasteiger charge is 2.32. The molecule has 1 aromatic carbocycles. The molecule has 1 heterocycles. The number of carbonyl (C=O) groups is 1. The molecule has 0 amide bonds. The van der Waals surface area contributed by atoms with Gasteiger partial charge >= 0.3 is 5.97 Å². The number of anilines is 1. The van der Waals surface area contributed by atoms with Crippen LogP contribution in [0.2, 0.25) is 0 Å². The van der Waals surface area contributed by atoms with Crippen LogP contribution in [0.5, 0.6) is 0 Å². The molecule has 98 valence electrons. The van der Waals surface area contributed by atoms with E-state index in [0.29, 0.717) is 25.0 Å². The molecule has 1 aromatic rings. The van der Waals surface area contributed by atoms with Gasteiger partial charge in [-0.05, 0) is 38.3 Å². The van der Waals surface area contributed by atoms with Crippen LogP contribution in [0.4, 0.5) is 5.69 Å². The zero-order valence-corrected chi connectivity index (χ0v) is 11.1. The second-order valence-corrected chi connectivity index (χ2v) is 4.83. The first-order valence-corrected chi connectivity index (χ1v) is 6.69. The van der Waals surface area contributed by atoms with Gasteiger partial charge in [0, 0.05) is 18.3 Å². The molecule has 0 aromatic heterocycles. The summed E-state index contributed by atoms with van der Waals surface area (Å²) in [6.45, 7) is 5.55. The maximum absolute atomic E-state index is 11.5. The molecule has 0 bridgehead atoms. The van der Waals surface area contributed by atoms with Crippen molar-refractivity contribution >= 4 is 11.7 Å². The smallest absolute Gasteiger partial charge is 0.306 e. The van der Waals surface area contributed by atoms with E-state index in [2.05, 4.69) is 36.1 Å². The van der Waals surface area contributed by atoms with Gasteiger partial charge in [-0.25, -0.2) is 0 Å². The third-order valence-electron chi connectivity index (χ3n) is 3.74. The highest BCUT2D eigenvalue weighted by atomic mass is 16.5. The van der Waals surface area contributed by atoms with Crippen LogP contribution < -0.4 is 4.90 Å². The molecule has 0 spiro atoms. The number of carbonyl (C=O) groups excluding carboxylic acids is 1. The highest BCUT2D eigenvalue weighted by molar-refractivity contribution is 5.70. The van der Waals surface area contributed by atoms with Crippen molar-refractivity contribution in [1.29, 1.82) is 0 Å². The first-order valence-electron chi connectivity index (χ1n) is 6.69. The number of esters is 1. The molecule has 18 heavy (non-hydrogen) atoms. The predicted molar refractivity (Wildman–Crippen MR) is 72.6 cm³/mol. The van der Waals surface area contributed by atoms with E-state index in [1.54, 1.807) is 0 Å². The van der Waals surface area contributed by atoms with E-state index >= 15 is 0 Å². The third kappa shape index (κ3) is 2.84. The Labute approximate surface area is 109 Å². The average Bonchev–Trinajstić information content (AvgIpc) is 2.72. The summed E-state index contributed by atoms with van der Waals surface area (Å²) in [6, 6.07) is 10.8. The molecule has 1 aliphatic rings. The van der Waals surface area contributed by atoms with Crippen molar-refractivity contribution in [3.05, 3.63) is 30.3 Å². The number of benzene rings is 1. The van der Waals surface area contributed by atoms with Gasteiger partial charge in [0.2, 0.25) is 0 Å². The molecule has 3 heteroatoms. The molecule has 0 radical (unpaired) electrons. The standard InChI is InChI=1S/C15H21NO2/c1-3-18-15(17)11-13-9-10-16(12(13)2)14-7-5-4-6-8-14/h4-8,12-13H,3,9-11H2,1-2H3. The number of hydrogen-bond acceptors (Lipinski definition) is 3. The van der Waals surface area contributed by atoms with Crippen LogP contribution in [0.1, 0.15) is 26.7 Å². The van der Waals surface area contributed by atoms with Gasteiger partial charge in [0.15, 0.2) is 0 Å². The molecule has 0 N–H and O–H groups in total. The SMILES string of the molecule is CCOC(=O)CC1CCN(c2ccccc2)C1C. The summed E-state index contributed by atoms with van der Waals surface area (Å²) in [4.78, 5) is 13.9. The van der Waals surface area contributed by atoms with Crippen LogP contribution in [0.15, 0.2) is 30.3 Å². The summed E-state index contributed by atoms with van der Waals surface area (Å²) in [5, 5.41) is 0. The quantitative estimate of drug-likeness (QED) is 0.766. The van der Waals surface area contributed by atoms with Gasteiger partial charge in [-0.1, -0.05) is 18.2 Å².